The summed E-state index contributed by atoms with van der Waals surface area (Å²) < 4.78 is 5.19. The number of benzene rings is 1. The third-order valence-corrected chi connectivity index (χ3v) is 4.33. The number of hydrogen-bond acceptors (Lipinski definition) is 2. The van der Waals surface area contributed by atoms with Gasteiger partial charge < -0.3 is 15.0 Å². The summed E-state index contributed by atoms with van der Waals surface area (Å²) in [5.74, 6) is 0.852. The Hall–Kier alpha value is -1.71. The van der Waals surface area contributed by atoms with Gasteiger partial charge in [-0.1, -0.05) is 26.0 Å². The number of likely N-dealkylation sites (tertiary alicyclic amines) is 1. The van der Waals surface area contributed by atoms with Gasteiger partial charge in [0.05, 0.1) is 13.2 Å². The van der Waals surface area contributed by atoms with Crippen LogP contribution < -0.4 is 10.1 Å². The van der Waals surface area contributed by atoms with Crippen LogP contribution in [0.15, 0.2) is 24.3 Å². The Labute approximate surface area is 127 Å². The minimum atomic E-state index is 0.0713. The Bertz CT molecular complexity index is 454. The molecule has 1 N–H and O–H groups in total. The van der Waals surface area contributed by atoms with Gasteiger partial charge in [0.15, 0.2) is 0 Å². The molecule has 0 bridgehead atoms. The zero-order valence-corrected chi connectivity index (χ0v) is 13.3. The van der Waals surface area contributed by atoms with Crippen LogP contribution in [-0.2, 0) is 0 Å². The lowest BCUT2D eigenvalue weighted by molar-refractivity contribution is 0.188. The first kappa shape index (κ1) is 15.7. The second-order valence-electron chi connectivity index (χ2n) is 5.59. The highest BCUT2D eigenvalue weighted by molar-refractivity contribution is 5.75. The summed E-state index contributed by atoms with van der Waals surface area (Å²) in [6.45, 7) is 5.06. The molecular formula is C17H26N2O2. The molecule has 2 rings (SSSR count). The molecule has 1 saturated heterocycles. The van der Waals surface area contributed by atoms with Crippen molar-refractivity contribution < 1.29 is 9.53 Å². The van der Waals surface area contributed by atoms with Gasteiger partial charge in [0, 0.05) is 12.6 Å². The topological polar surface area (TPSA) is 41.6 Å². The van der Waals surface area contributed by atoms with Crippen molar-refractivity contribution in [1.29, 1.82) is 0 Å². The van der Waals surface area contributed by atoms with E-state index in [1.54, 1.807) is 7.11 Å². The van der Waals surface area contributed by atoms with E-state index in [4.69, 9.17) is 4.74 Å². The summed E-state index contributed by atoms with van der Waals surface area (Å²) >= 11 is 0. The molecule has 1 aromatic carbocycles. The molecule has 1 atom stereocenters. The van der Waals surface area contributed by atoms with E-state index >= 15 is 0 Å². The first-order chi connectivity index (χ1) is 10.2. The molecule has 0 aromatic heterocycles. The number of nitrogens with one attached hydrogen (secondary N) is 1. The summed E-state index contributed by atoms with van der Waals surface area (Å²) in [6.07, 6.45) is 4.04. The van der Waals surface area contributed by atoms with Crippen LogP contribution >= 0.6 is 0 Å². The van der Waals surface area contributed by atoms with E-state index in [2.05, 4.69) is 31.3 Å². The Balaban J connectivity index is 2.06. The zero-order chi connectivity index (χ0) is 15.2. The Kier molecular flexibility index (Phi) is 5.48. The van der Waals surface area contributed by atoms with Gasteiger partial charge >= 0.3 is 6.03 Å². The Morgan fingerprint density at radius 2 is 2.00 bits per heavy atom. The highest BCUT2D eigenvalue weighted by atomic mass is 16.5. The maximum absolute atomic E-state index is 12.5. The third kappa shape index (κ3) is 3.69. The van der Waals surface area contributed by atoms with Crippen LogP contribution in [0.2, 0.25) is 0 Å². The predicted molar refractivity (Wildman–Crippen MR) is 84.6 cm³/mol. The van der Waals surface area contributed by atoms with Gasteiger partial charge in [0.2, 0.25) is 0 Å². The fourth-order valence-electron chi connectivity index (χ4n) is 2.93. The van der Waals surface area contributed by atoms with E-state index in [9.17, 15) is 4.79 Å². The molecule has 1 fully saturated rings. The quantitative estimate of drug-likeness (QED) is 0.897. The normalized spacial score (nSPS) is 18.1. The lowest BCUT2D eigenvalue weighted by Crippen LogP contribution is -2.44. The number of rotatable bonds is 5. The van der Waals surface area contributed by atoms with Gasteiger partial charge in [-0.25, -0.2) is 4.79 Å². The van der Waals surface area contributed by atoms with Crippen molar-refractivity contribution in [3.05, 3.63) is 29.8 Å². The number of methoxy groups -OCH3 is 1. The average molecular weight is 290 g/mol. The molecule has 1 aliphatic heterocycles. The first-order valence-corrected chi connectivity index (χ1v) is 7.90. The highest BCUT2D eigenvalue weighted by Crippen LogP contribution is 2.32. The van der Waals surface area contributed by atoms with E-state index in [0.717, 1.165) is 38.0 Å². The molecule has 2 amide bonds. The standard InChI is InChI=1S/C17H26N2O2/c1-4-14(5-2)18-17(20)19-12-6-7-16(19)13-8-10-15(21-3)11-9-13/h8-11,14,16H,4-7,12H2,1-3H3,(H,18,20). The van der Waals surface area contributed by atoms with E-state index in [-0.39, 0.29) is 18.1 Å². The third-order valence-electron chi connectivity index (χ3n) is 4.33. The van der Waals surface area contributed by atoms with Crippen molar-refractivity contribution >= 4 is 6.03 Å². The van der Waals surface area contributed by atoms with E-state index in [0.29, 0.717) is 0 Å². The molecule has 0 saturated carbocycles. The number of urea groups is 1. The lowest BCUT2D eigenvalue weighted by Gasteiger charge is -2.27. The van der Waals surface area contributed by atoms with E-state index in [1.807, 2.05) is 17.0 Å². The molecule has 0 radical (unpaired) electrons. The van der Waals surface area contributed by atoms with Crippen LogP contribution in [0.3, 0.4) is 0 Å². The molecule has 21 heavy (non-hydrogen) atoms. The fraction of sp³-hybridized carbons (Fsp3) is 0.588. The van der Waals surface area contributed by atoms with Crippen molar-refractivity contribution in [3.63, 3.8) is 0 Å². The monoisotopic (exact) mass is 290 g/mol. The van der Waals surface area contributed by atoms with Crippen LogP contribution in [0, 0.1) is 0 Å². The molecular weight excluding hydrogens is 264 g/mol. The van der Waals surface area contributed by atoms with Crippen LogP contribution in [-0.4, -0.2) is 30.6 Å². The molecule has 116 valence electrons. The fourth-order valence-corrected chi connectivity index (χ4v) is 2.93. The Morgan fingerprint density at radius 3 is 2.57 bits per heavy atom. The maximum Gasteiger partial charge on any atom is 0.318 e. The number of ether oxygens (including phenoxy) is 1. The van der Waals surface area contributed by atoms with Crippen LogP contribution in [0.4, 0.5) is 4.79 Å². The molecule has 1 heterocycles. The van der Waals surface area contributed by atoms with Crippen LogP contribution in [0.1, 0.15) is 51.1 Å². The number of carbonyl (C=O) groups excluding carboxylic acids is 1. The highest BCUT2D eigenvalue weighted by Gasteiger charge is 2.30. The summed E-state index contributed by atoms with van der Waals surface area (Å²) in [5.41, 5.74) is 1.19. The maximum atomic E-state index is 12.5. The van der Waals surface area contributed by atoms with Crippen molar-refractivity contribution in [2.24, 2.45) is 0 Å². The number of amides is 2. The summed E-state index contributed by atoms with van der Waals surface area (Å²) in [4.78, 5) is 14.4. The molecule has 1 aliphatic rings. The van der Waals surface area contributed by atoms with Gasteiger partial charge in [0.25, 0.3) is 0 Å². The van der Waals surface area contributed by atoms with Crippen molar-refractivity contribution in [2.75, 3.05) is 13.7 Å². The number of carbonyl (C=O) groups is 1. The average Bonchev–Trinajstić information content (AvgIpc) is 3.02. The smallest absolute Gasteiger partial charge is 0.318 e. The predicted octanol–water partition coefficient (Wildman–Crippen LogP) is 3.73. The zero-order valence-electron chi connectivity index (χ0n) is 13.3. The van der Waals surface area contributed by atoms with Crippen LogP contribution in [0.5, 0.6) is 5.75 Å². The largest absolute Gasteiger partial charge is 0.497 e. The lowest BCUT2D eigenvalue weighted by atomic mass is 10.0. The summed E-state index contributed by atoms with van der Waals surface area (Å²) in [6, 6.07) is 8.58. The SMILES string of the molecule is CCC(CC)NC(=O)N1CCCC1c1ccc(OC)cc1. The van der Waals surface area contributed by atoms with Gasteiger partial charge in [0.1, 0.15) is 5.75 Å². The van der Waals surface area contributed by atoms with E-state index < -0.39 is 0 Å². The molecule has 0 aliphatic carbocycles. The van der Waals surface area contributed by atoms with Gasteiger partial charge in [-0.15, -0.1) is 0 Å². The van der Waals surface area contributed by atoms with Crippen molar-refractivity contribution in [2.45, 2.75) is 51.6 Å². The summed E-state index contributed by atoms with van der Waals surface area (Å²) in [5, 5.41) is 3.14. The summed E-state index contributed by atoms with van der Waals surface area (Å²) in [7, 11) is 1.67. The molecule has 1 unspecified atom stereocenters. The van der Waals surface area contributed by atoms with Gasteiger partial charge in [-0.2, -0.15) is 0 Å². The molecule has 0 spiro atoms. The minimum absolute atomic E-state index is 0.0713. The number of nitrogens with zero attached hydrogens (tertiary/aromatic N) is 1. The van der Waals surface area contributed by atoms with Crippen molar-refractivity contribution in [3.8, 4) is 5.75 Å². The van der Waals surface area contributed by atoms with Crippen molar-refractivity contribution in [1.82, 2.24) is 10.2 Å². The van der Waals surface area contributed by atoms with E-state index in [1.165, 1.54) is 5.56 Å². The van der Waals surface area contributed by atoms with Gasteiger partial charge in [-0.3, -0.25) is 0 Å². The Morgan fingerprint density at radius 1 is 1.33 bits per heavy atom. The first-order valence-electron chi connectivity index (χ1n) is 7.90. The second-order valence-corrected chi connectivity index (χ2v) is 5.59. The minimum Gasteiger partial charge on any atom is -0.497 e. The molecule has 4 nitrogen and oxygen atoms in total. The van der Waals surface area contributed by atoms with Gasteiger partial charge in [-0.05, 0) is 43.4 Å². The van der Waals surface area contributed by atoms with Crippen LogP contribution in [0.25, 0.3) is 0 Å². The number of hydrogen-bond donors (Lipinski definition) is 1. The second kappa shape index (κ2) is 7.34. The molecule has 4 heteroatoms. The molecule has 1 aromatic rings.